The number of likely N-dealkylation sites (N-methyl/N-ethyl adjacent to an activating group) is 2. The normalized spacial score (nSPS) is 24.9. The summed E-state index contributed by atoms with van der Waals surface area (Å²) in [5.74, 6) is 1.57. The standard InChI is InChI=1S/C13H27ClN2/c1-12(6-8-14)7-10-16(3)13-5-4-9-15(2)11-13/h12-13H,4-11H2,1-3H3. The van der Waals surface area contributed by atoms with Gasteiger partial charge in [-0.1, -0.05) is 6.92 Å². The molecule has 0 aromatic rings. The molecule has 3 heteroatoms. The fourth-order valence-electron chi connectivity index (χ4n) is 2.44. The summed E-state index contributed by atoms with van der Waals surface area (Å²) in [6, 6.07) is 0.766. The fourth-order valence-corrected chi connectivity index (χ4v) is 2.81. The minimum atomic E-state index is 0.765. The van der Waals surface area contributed by atoms with Crippen molar-refractivity contribution in [2.24, 2.45) is 5.92 Å². The summed E-state index contributed by atoms with van der Waals surface area (Å²) in [6.07, 6.45) is 5.15. The van der Waals surface area contributed by atoms with Crippen molar-refractivity contribution < 1.29 is 0 Å². The third kappa shape index (κ3) is 5.03. The van der Waals surface area contributed by atoms with E-state index in [0.29, 0.717) is 0 Å². The van der Waals surface area contributed by atoms with E-state index in [1.165, 1.54) is 38.9 Å². The Labute approximate surface area is 106 Å². The summed E-state index contributed by atoms with van der Waals surface area (Å²) in [6.45, 7) is 6.03. The molecule has 0 N–H and O–H groups in total. The lowest BCUT2D eigenvalue weighted by atomic mass is 10.0. The second-order valence-corrected chi connectivity index (χ2v) is 5.79. The Hall–Kier alpha value is 0.210. The molecule has 96 valence electrons. The van der Waals surface area contributed by atoms with Crippen molar-refractivity contribution in [3.05, 3.63) is 0 Å². The summed E-state index contributed by atoms with van der Waals surface area (Å²) in [5.41, 5.74) is 0. The molecule has 1 fully saturated rings. The largest absolute Gasteiger partial charge is 0.305 e. The van der Waals surface area contributed by atoms with E-state index in [0.717, 1.165) is 24.3 Å². The van der Waals surface area contributed by atoms with Crippen LogP contribution < -0.4 is 0 Å². The van der Waals surface area contributed by atoms with Crippen molar-refractivity contribution in [1.29, 1.82) is 0 Å². The Morgan fingerprint density at radius 3 is 2.81 bits per heavy atom. The van der Waals surface area contributed by atoms with Gasteiger partial charge in [-0.2, -0.15) is 0 Å². The minimum Gasteiger partial charge on any atom is -0.305 e. The minimum absolute atomic E-state index is 0.765. The first kappa shape index (κ1) is 14.3. The third-order valence-corrected chi connectivity index (χ3v) is 4.02. The molecule has 0 aromatic carbocycles. The monoisotopic (exact) mass is 246 g/mol. The van der Waals surface area contributed by atoms with Gasteiger partial charge in [-0.05, 0) is 58.8 Å². The van der Waals surface area contributed by atoms with Gasteiger partial charge in [0.1, 0.15) is 0 Å². The lowest BCUT2D eigenvalue weighted by Crippen LogP contribution is -2.45. The van der Waals surface area contributed by atoms with Crippen molar-refractivity contribution >= 4 is 11.6 Å². The zero-order valence-electron chi connectivity index (χ0n) is 11.1. The highest BCUT2D eigenvalue weighted by atomic mass is 35.5. The second kappa shape index (κ2) is 7.52. The van der Waals surface area contributed by atoms with Crippen molar-refractivity contribution in [2.75, 3.05) is 39.6 Å². The van der Waals surface area contributed by atoms with Crippen molar-refractivity contribution in [2.45, 2.75) is 38.6 Å². The summed E-state index contributed by atoms with van der Waals surface area (Å²) >= 11 is 5.76. The zero-order valence-corrected chi connectivity index (χ0v) is 11.8. The quantitative estimate of drug-likeness (QED) is 0.665. The molecule has 0 amide bonds. The zero-order chi connectivity index (χ0) is 12.0. The van der Waals surface area contributed by atoms with Crippen LogP contribution in [0.1, 0.15) is 32.6 Å². The van der Waals surface area contributed by atoms with E-state index in [9.17, 15) is 0 Å². The first-order valence-electron chi connectivity index (χ1n) is 6.58. The lowest BCUT2D eigenvalue weighted by molar-refractivity contribution is 0.129. The number of nitrogens with zero attached hydrogens (tertiary/aromatic N) is 2. The van der Waals surface area contributed by atoms with Crippen molar-refractivity contribution in [3.63, 3.8) is 0 Å². The van der Waals surface area contributed by atoms with Crippen LogP contribution in [-0.4, -0.2) is 55.5 Å². The van der Waals surface area contributed by atoms with Crippen LogP contribution in [-0.2, 0) is 0 Å². The van der Waals surface area contributed by atoms with Gasteiger partial charge < -0.3 is 9.80 Å². The maximum Gasteiger partial charge on any atom is 0.0225 e. The van der Waals surface area contributed by atoms with Gasteiger partial charge in [-0.3, -0.25) is 0 Å². The molecule has 0 aliphatic carbocycles. The molecule has 2 nitrogen and oxygen atoms in total. The summed E-state index contributed by atoms with van der Waals surface area (Å²) < 4.78 is 0. The van der Waals surface area contributed by atoms with Crippen molar-refractivity contribution in [3.8, 4) is 0 Å². The molecule has 16 heavy (non-hydrogen) atoms. The van der Waals surface area contributed by atoms with Crippen LogP contribution in [0, 0.1) is 5.92 Å². The van der Waals surface area contributed by atoms with Crippen molar-refractivity contribution in [1.82, 2.24) is 9.80 Å². The SMILES string of the molecule is CC(CCCl)CCN(C)C1CCCN(C)C1. The van der Waals surface area contributed by atoms with E-state index >= 15 is 0 Å². The molecule has 0 aromatic heterocycles. The highest BCUT2D eigenvalue weighted by Crippen LogP contribution is 2.15. The Bertz CT molecular complexity index is 187. The van der Waals surface area contributed by atoms with E-state index < -0.39 is 0 Å². The molecule has 2 atom stereocenters. The highest BCUT2D eigenvalue weighted by molar-refractivity contribution is 6.17. The average molecular weight is 247 g/mol. The maximum absolute atomic E-state index is 5.76. The van der Waals surface area contributed by atoms with Crippen LogP contribution in [0.4, 0.5) is 0 Å². The number of hydrogen-bond acceptors (Lipinski definition) is 2. The summed E-state index contributed by atoms with van der Waals surface area (Å²) in [5, 5.41) is 0. The maximum atomic E-state index is 5.76. The predicted molar refractivity (Wildman–Crippen MR) is 72.3 cm³/mol. The molecule has 1 rings (SSSR count). The van der Waals surface area contributed by atoms with Gasteiger partial charge in [0.05, 0.1) is 0 Å². The van der Waals surface area contributed by atoms with Crippen LogP contribution in [0.25, 0.3) is 0 Å². The molecule has 1 saturated heterocycles. The van der Waals surface area contributed by atoms with Crippen LogP contribution in [0.15, 0.2) is 0 Å². The first-order valence-corrected chi connectivity index (χ1v) is 7.11. The van der Waals surface area contributed by atoms with E-state index in [1.54, 1.807) is 0 Å². The van der Waals surface area contributed by atoms with Gasteiger partial charge in [0.15, 0.2) is 0 Å². The fraction of sp³-hybridized carbons (Fsp3) is 1.00. The summed E-state index contributed by atoms with van der Waals surface area (Å²) in [4.78, 5) is 4.99. The van der Waals surface area contributed by atoms with Gasteiger partial charge in [-0.25, -0.2) is 0 Å². The summed E-state index contributed by atoms with van der Waals surface area (Å²) in [7, 11) is 4.51. The van der Waals surface area contributed by atoms with E-state index in [1.807, 2.05) is 0 Å². The number of likely N-dealkylation sites (tertiary alicyclic amines) is 1. The Morgan fingerprint density at radius 1 is 1.44 bits per heavy atom. The number of piperidine rings is 1. The van der Waals surface area contributed by atoms with Crippen LogP contribution in [0.3, 0.4) is 0 Å². The number of rotatable bonds is 6. The predicted octanol–water partition coefficient (Wildman–Crippen LogP) is 2.67. The first-order chi connectivity index (χ1) is 7.63. The molecule has 2 unspecified atom stereocenters. The van der Waals surface area contributed by atoms with Gasteiger partial charge in [0.2, 0.25) is 0 Å². The van der Waals surface area contributed by atoms with E-state index in [2.05, 4.69) is 30.8 Å². The Morgan fingerprint density at radius 2 is 2.19 bits per heavy atom. The smallest absolute Gasteiger partial charge is 0.0225 e. The lowest BCUT2D eigenvalue weighted by Gasteiger charge is -2.36. The van der Waals surface area contributed by atoms with E-state index in [4.69, 9.17) is 11.6 Å². The number of hydrogen-bond donors (Lipinski definition) is 0. The Balaban J connectivity index is 2.20. The highest BCUT2D eigenvalue weighted by Gasteiger charge is 2.20. The van der Waals surface area contributed by atoms with Gasteiger partial charge >= 0.3 is 0 Å². The second-order valence-electron chi connectivity index (χ2n) is 5.41. The molecule has 0 saturated carbocycles. The van der Waals surface area contributed by atoms with E-state index in [-0.39, 0.29) is 0 Å². The Kier molecular flexibility index (Phi) is 6.71. The molecular formula is C13H27ClN2. The molecule has 1 aliphatic rings. The third-order valence-electron chi connectivity index (χ3n) is 3.80. The topological polar surface area (TPSA) is 6.48 Å². The van der Waals surface area contributed by atoms with Gasteiger partial charge in [0.25, 0.3) is 0 Å². The molecule has 1 heterocycles. The molecule has 0 spiro atoms. The molecule has 1 aliphatic heterocycles. The molecular weight excluding hydrogens is 220 g/mol. The number of alkyl halides is 1. The van der Waals surface area contributed by atoms with Crippen LogP contribution in [0.5, 0.6) is 0 Å². The average Bonchev–Trinajstić information content (AvgIpc) is 2.26. The van der Waals surface area contributed by atoms with Crippen LogP contribution in [0.2, 0.25) is 0 Å². The van der Waals surface area contributed by atoms with Gasteiger partial charge in [0, 0.05) is 18.5 Å². The van der Waals surface area contributed by atoms with Crippen LogP contribution >= 0.6 is 11.6 Å². The van der Waals surface area contributed by atoms with Gasteiger partial charge in [-0.15, -0.1) is 11.6 Å². The molecule has 0 bridgehead atoms. The molecule has 0 radical (unpaired) electrons. The number of halogens is 1.